The Kier molecular flexibility index (Phi) is 3.66. The second-order valence-corrected chi connectivity index (χ2v) is 4.33. The highest BCUT2D eigenvalue weighted by Gasteiger charge is 2.14. The van der Waals surface area contributed by atoms with Crippen LogP contribution in [0.15, 0.2) is 30.5 Å². The predicted octanol–water partition coefficient (Wildman–Crippen LogP) is 3.14. The van der Waals surface area contributed by atoms with Crippen molar-refractivity contribution in [3.05, 3.63) is 52.6 Å². The van der Waals surface area contributed by atoms with Crippen LogP contribution >= 0.6 is 11.6 Å². The van der Waals surface area contributed by atoms with Gasteiger partial charge in [0.15, 0.2) is 5.15 Å². The van der Waals surface area contributed by atoms with Gasteiger partial charge in [0.05, 0.1) is 11.3 Å². The van der Waals surface area contributed by atoms with E-state index in [0.29, 0.717) is 5.69 Å². The van der Waals surface area contributed by atoms with Gasteiger partial charge in [0.25, 0.3) is 5.91 Å². The number of carbonyl (C=O) groups is 1. The van der Waals surface area contributed by atoms with Crippen molar-refractivity contribution in [2.75, 3.05) is 5.32 Å². The fraction of sp³-hybridized carbons (Fsp3) is 0.0769. The number of amides is 1. The monoisotopic (exact) mass is 280 g/mol. The lowest BCUT2D eigenvalue weighted by Crippen LogP contribution is -2.14. The molecule has 2 rings (SSSR count). The van der Waals surface area contributed by atoms with E-state index in [1.165, 1.54) is 12.1 Å². The van der Waals surface area contributed by atoms with Crippen molar-refractivity contribution in [1.82, 2.24) is 4.98 Å². The quantitative estimate of drug-likeness (QED) is 0.831. The van der Waals surface area contributed by atoms with Crippen LogP contribution < -0.4 is 5.32 Å². The summed E-state index contributed by atoms with van der Waals surface area (Å²) in [4.78, 5) is 15.8. The van der Waals surface area contributed by atoms with E-state index in [2.05, 4.69) is 10.3 Å². The van der Waals surface area contributed by atoms with E-state index in [4.69, 9.17) is 16.7 Å². The third kappa shape index (κ3) is 3.00. The number of aromatic hydroxyl groups is 1. The standard InChI is InChI=1S/C13H10ClFN2O2/c1-7-4-11(12(14)16-6-7)17-13(19)9-3-2-8(18)5-10(9)15/h2-6,18H,1H3,(H,17,19). The van der Waals surface area contributed by atoms with Crippen LogP contribution in [0.25, 0.3) is 0 Å². The lowest BCUT2D eigenvalue weighted by molar-refractivity contribution is 0.102. The Morgan fingerprint density at radius 3 is 2.84 bits per heavy atom. The molecule has 0 aliphatic rings. The highest BCUT2D eigenvalue weighted by molar-refractivity contribution is 6.32. The van der Waals surface area contributed by atoms with Crippen LogP contribution in [0, 0.1) is 12.7 Å². The van der Waals surface area contributed by atoms with E-state index in [9.17, 15) is 9.18 Å². The lowest BCUT2D eigenvalue weighted by Gasteiger charge is -2.08. The molecular weight excluding hydrogens is 271 g/mol. The molecule has 1 heterocycles. The summed E-state index contributed by atoms with van der Waals surface area (Å²) in [6.07, 6.45) is 1.55. The number of aromatic nitrogens is 1. The predicted molar refractivity (Wildman–Crippen MR) is 70.0 cm³/mol. The lowest BCUT2D eigenvalue weighted by atomic mass is 10.2. The molecule has 2 N–H and O–H groups in total. The Morgan fingerprint density at radius 1 is 1.42 bits per heavy atom. The van der Waals surface area contributed by atoms with Crippen LogP contribution in [0.4, 0.5) is 10.1 Å². The zero-order chi connectivity index (χ0) is 14.0. The highest BCUT2D eigenvalue weighted by atomic mass is 35.5. The zero-order valence-electron chi connectivity index (χ0n) is 9.95. The molecule has 0 fully saturated rings. The van der Waals surface area contributed by atoms with E-state index in [-0.39, 0.29) is 16.5 Å². The fourth-order valence-electron chi connectivity index (χ4n) is 1.52. The summed E-state index contributed by atoms with van der Waals surface area (Å²) in [6, 6.07) is 4.92. The maximum Gasteiger partial charge on any atom is 0.258 e. The molecule has 0 saturated carbocycles. The second-order valence-electron chi connectivity index (χ2n) is 3.97. The smallest absolute Gasteiger partial charge is 0.258 e. The Morgan fingerprint density at radius 2 is 2.16 bits per heavy atom. The zero-order valence-corrected chi connectivity index (χ0v) is 10.7. The third-order valence-corrected chi connectivity index (χ3v) is 2.72. The van der Waals surface area contributed by atoms with Crippen molar-refractivity contribution in [3.63, 3.8) is 0 Å². The molecule has 2 aromatic rings. The molecule has 0 spiro atoms. The Balaban J connectivity index is 2.28. The summed E-state index contributed by atoms with van der Waals surface area (Å²) >= 11 is 5.83. The number of carbonyl (C=O) groups excluding carboxylic acids is 1. The molecule has 0 bridgehead atoms. The summed E-state index contributed by atoms with van der Waals surface area (Å²) in [5, 5.41) is 11.7. The average Bonchev–Trinajstić information content (AvgIpc) is 2.33. The molecule has 1 aromatic carbocycles. The van der Waals surface area contributed by atoms with Gasteiger partial charge in [-0.25, -0.2) is 9.37 Å². The summed E-state index contributed by atoms with van der Waals surface area (Å²) < 4.78 is 13.5. The molecular formula is C13H10ClFN2O2. The molecule has 1 amide bonds. The first-order valence-corrected chi connectivity index (χ1v) is 5.77. The Bertz CT molecular complexity index is 647. The molecule has 1 aromatic heterocycles. The molecule has 19 heavy (non-hydrogen) atoms. The number of benzene rings is 1. The van der Waals surface area contributed by atoms with Crippen LogP contribution in [0.3, 0.4) is 0 Å². The Hall–Kier alpha value is -2.14. The van der Waals surface area contributed by atoms with Gasteiger partial charge in [0.1, 0.15) is 11.6 Å². The van der Waals surface area contributed by atoms with Crippen LogP contribution in [0.5, 0.6) is 5.75 Å². The van der Waals surface area contributed by atoms with Gasteiger partial charge in [-0.2, -0.15) is 0 Å². The van der Waals surface area contributed by atoms with Gasteiger partial charge in [0, 0.05) is 12.3 Å². The number of phenolic OH excluding ortho intramolecular Hbond substituents is 1. The molecule has 0 atom stereocenters. The van der Waals surface area contributed by atoms with Gasteiger partial charge in [0.2, 0.25) is 0 Å². The van der Waals surface area contributed by atoms with E-state index >= 15 is 0 Å². The van der Waals surface area contributed by atoms with Gasteiger partial charge in [-0.3, -0.25) is 4.79 Å². The van der Waals surface area contributed by atoms with Crippen molar-refractivity contribution >= 4 is 23.2 Å². The minimum atomic E-state index is -0.811. The minimum Gasteiger partial charge on any atom is -0.508 e. The van der Waals surface area contributed by atoms with E-state index in [1.807, 2.05) is 0 Å². The van der Waals surface area contributed by atoms with E-state index in [1.54, 1.807) is 19.2 Å². The number of phenols is 1. The van der Waals surface area contributed by atoms with E-state index in [0.717, 1.165) is 11.6 Å². The van der Waals surface area contributed by atoms with Crippen molar-refractivity contribution in [1.29, 1.82) is 0 Å². The number of rotatable bonds is 2. The van der Waals surface area contributed by atoms with Gasteiger partial charge >= 0.3 is 0 Å². The largest absolute Gasteiger partial charge is 0.508 e. The number of aryl methyl sites for hydroxylation is 1. The first-order valence-electron chi connectivity index (χ1n) is 5.39. The van der Waals surface area contributed by atoms with E-state index < -0.39 is 11.7 Å². The van der Waals surface area contributed by atoms with Crippen molar-refractivity contribution in [3.8, 4) is 5.75 Å². The summed E-state index contributed by atoms with van der Waals surface area (Å²) in [5.74, 6) is -1.72. The SMILES string of the molecule is Cc1cnc(Cl)c(NC(=O)c2ccc(O)cc2F)c1. The van der Waals surface area contributed by atoms with Gasteiger partial charge < -0.3 is 10.4 Å². The van der Waals surface area contributed by atoms with Gasteiger partial charge in [-0.05, 0) is 30.7 Å². The summed E-state index contributed by atoms with van der Waals surface area (Å²) in [7, 11) is 0. The second kappa shape index (κ2) is 5.24. The van der Waals surface area contributed by atoms with Crippen molar-refractivity contribution in [2.24, 2.45) is 0 Å². The molecule has 0 saturated heterocycles. The molecule has 0 unspecified atom stereocenters. The number of hydrogen-bond acceptors (Lipinski definition) is 3. The minimum absolute atomic E-state index is 0.123. The third-order valence-electron chi connectivity index (χ3n) is 2.42. The number of hydrogen-bond donors (Lipinski definition) is 2. The van der Waals surface area contributed by atoms with Crippen molar-refractivity contribution < 1.29 is 14.3 Å². The molecule has 0 aliphatic heterocycles. The molecule has 6 heteroatoms. The molecule has 0 aliphatic carbocycles. The topological polar surface area (TPSA) is 62.2 Å². The Labute approximate surface area is 113 Å². The number of anilines is 1. The first kappa shape index (κ1) is 13.3. The summed E-state index contributed by atoms with van der Waals surface area (Å²) in [5.41, 5.74) is 0.931. The molecule has 4 nitrogen and oxygen atoms in total. The number of nitrogens with one attached hydrogen (secondary N) is 1. The molecule has 0 radical (unpaired) electrons. The van der Waals surface area contributed by atoms with Crippen LogP contribution in [0.2, 0.25) is 5.15 Å². The number of nitrogens with zero attached hydrogens (tertiary/aromatic N) is 1. The molecule has 98 valence electrons. The van der Waals surface area contributed by atoms with Gasteiger partial charge in [-0.1, -0.05) is 11.6 Å². The fourth-order valence-corrected chi connectivity index (χ4v) is 1.67. The maximum absolute atomic E-state index is 13.5. The normalized spacial score (nSPS) is 10.3. The highest BCUT2D eigenvalue weighted by Crippen LogP contribution is 2.22. The van der Waals surface area contributed by atoms with Crippen LogP contribution in [-0.2, 0) is 0 Å². The average molecular weight is 281 g/mol. The van der Waals surface area contributed by atoms with Crippen LogP contribution in [-0.4, -0.2) is 16.0 Å². The summed E-state index contributed by atoms with van der Waals surface area (Å²) in [6.45, 7) is 1.79. The first-order chi connectivity index (χ1) is 8.97. The van der Waals surface area contributed by atoms with Crippen LogP contribution in [0.1, 0.15) is 15.9 Å². The maximum atomic E-state index is 13.5. The van der Waals surface area contributed by atoms with Crippen molar-refractivity contribution in [2.45, 2.75) is 6.92 Å². The van der Waals surface area contributed by atoms with Gasteiger partial charge in [-0.15, -0.1) is 0 Å². The number of halogens is 2. The number of pyridine rings is 1.